The van der Waals surface area contributed by atoms with E-state index in [1.54, 1.807) is 0 Å². The Bertz CT molecular complexity index is 200. The largest absolute Gasteiger partial charge is 0.327 e. The van der Waals surface area contributed by atoms with Crippen molar-refractivity contribution in [2.24, 2.45) is 5.73 Å². The highest BCUT2D eigenvalue weighted by Crippen LogP contribution is 2.32. The zero-order valence-corrected chi connectivity index (χ0v) is 9.19. The number of halogens is 1. The molecule has 0 saturated heterocycles. The van der Waals surface area contributed by atoms with Gasteiger partial charge in [-0.25, -0.2) is 4.39 Å². The molecular formula is C12H22FN. The summed E-state index contributed by atoms with van der Waals surface area (Å²) in [6.07, 6.45) is 9.04. The molecule has 14 heavy (non-hydrogen) atoms. The van der Waals surface area contributed by atoms with E-state index < -0.39 is 5.67 Å². The smallest absolute Gasteiger partial charge is 0.144 e. The predicted octanol–water partition coefficient (Wildman–Crippen LogP) is 3.34. The van der Waals surface area contributed by atoms with Gasteiger partial charge >= 0.3 is 0 Å². The number of hydrogen-bond donors (Lipinski definition) is 1. The quantitative estimate of drug-likeness (QED) is 0.690. The Balaban J connectivity index is 2.70. The van der Waals surface area contributed by atoms with Crippen LogP contribution in [-0.2, 0) is 0 Å². The summed E-state index contributed by atoms with van der Waals surface area (Å²) in [5, 5.41) is 0. The van der Waals surface area contributed by atoms with Gasteiger partial charge in [-0.15, -0.1) is 0 Å². The summed E-state index contributed by atoms with van der Waals surface area (Å²) in [5.41, 5.74) is 5.32. The first-order chi connectivity index (χ1) is 6.73. The third kappa shape index (κ3) is 2.81. The van der Waals surface area contributed by atoms with Crippen LogP contribution in [0.1, 0.15) is 51.9 Å². The van der Waals surface area contributed by atoms with Crippen LogP contribution in [0.3, 0.4) is 0 Å². The summed E-state index contributed by atoms with van der Waals surface area (Å²) < 4.78 is 14.4. The second kappa shape index (κ2) is 5.50. The zero-order valence-electron chi connectivity index (χ0n) is 9.19. The van der Waals surface area contributed by atoms with Gasteiger partial charge in [0, 0.05) is 6.54 Å². The first-order valence-corrected chi connectivity index (χ1v) is 5.81. The van der Waals surface area contributed by atoms with E-state index in [-0.39, 0.29) is 6.54 Å². The average molecular weight is 199 g/mol. The molecule has 1 aliphatic rings. The van der Waals surface area contributed by atoms with Crippen LogP contribution in [0.4, 0.5) is 4.39 Å². The van der Waals surface area contributed by atoms with Gasteiger partial charge in [0.2, 0.25) is 0 Å². The molecule has 0 saturated carbocycles. The Hall–Kier alpha value is -0.370. The van der Waals surface area contributed by atoms with Gasteiger partial charge in [0.1, 0.15) is 5.67 Å². The van der Waals surface area contributed by atoms with E-state index in [0.717, 1.165) is 31.3 Å². The molecule has 0 heterocycles. The lowest BCUT2D eigenvalue weighted by atomic mass is 9.88. The van der Waals surface area contributed by atoms with Crippen molar-refractivity contribution in [3.05, 3.63) is 11.6 Å². The highest BCUT2D eigenvalue weighted by molar-refractivity contribution is 5.18. The molecule has 0 spiro atoms. The topological polar surface area (TPSA) is 26.0 Å². The lowest BCUT2D eigenvalue weighted by Gasteiger charge is -2.26. The van der Waals surface area contributed by atoms with Crippen molar-refractivity contribution in [1.29, 1.82) is 0 Å². The number of allylic oxidation sites excluding steroid dienone is 1. The Morgan fingerprint density at radius 3 is 2.86 bits per heavy atom. The highest BCUT2D eigenvalue weighted by Gasteiger charge is 2.31. The molecule has 0 aromatic rings. The van der Waals surface area contributed by atoms with Crippen molar-refractivity contribution in [1.82, 2.24) is 0 Å². The third-order valence-electron chi connectivity index (χ3n) is 3.09. The molecule has 0 radical (unpaired) electrons. The van der Waals surface area contributed by atoms with E-state index in [2.05, 4.69) is 6.08 Å². The second-order valence-electron chi connectivity index (χ2n) is 4.25. The van der Waals surface area contributed by atoms with Crippen LogP contribution >= 0.6 is 0 Å². The lowest BCUT2D eigenvalue weighted by molar-refractivity contribution is 0.199. The molecule has 82 valence electrons. The van der Waals surface area contributed by atoms with Crippen LogP contribution in [0.5, 0.6) is 0 Å². The van der Waals surface area contributed by atoms with E-state index in [1.165, 1.54) is 12.8 Å². The van der Waals surface area contributed by atoms with Crippen molar-refractivity contribution < 1.29 is 4.39 Å². The number of rotatable bonds is 4. The first kappa shape index (κ1) is 11.7. The molecule has 0 aromatic heterocycles. The maximum absolute atomic E-state index is 14.4. The van der Waals surface area contributed by atoms with E-state index in [0.29, 0.717) is 6.42 Å². The highest BCUT2D eigenvalue weighted by atomic mass is 19.1. The van der Waals surface area contributed by atoms with Gasteiger partial charge in [-0.05, 0) is 37.7 Å². The fourth-order valence-corrected chi connectivity index (χ4v) is 2.21. The molecule has 0 bridgehead atoms. The minimum Gasteiger partial charge on any atom is -0.327 e. The van der Waals surface area contributed by atoms with E-state index in [9.17, 15) is 4.39 Å². The fraction of sp³-hybridized carbons (Fsp3) is 0.833. The van der Waals surface area contributed by atoms with Crippen LogP contribution in [0.15, 0.2) is 11.6 Å². The maximum atomic E-state index is 14.4. The number of hydrogen-bond acceptors (Lipinski definition) is 1. The van der Waals surface area contributed by atoms with E-state index in [4.69, 9.17) is 5.73 Å². The molecule has 2 N–H and O–H groups in total. The maximum Gasteiger partial charge on any atom is 0.144 e. The molecule has 1 unspecified atom stereocenters. The molecule has 2 heteroatoms. The van der Waals surface area contributed by atoms with Crippen LogP contribution in [0.25, 0.3) is 0 Å². The molecular weight excluding hydrogens is 177 g/mol. The second-order valence-corrected chi connectivity index (χ2v) is 4.25. The summed E-state index contributed by atoms with van der Waals surface area (Å²) >= 11 is 0. The molecule has 1 atom stereocenters. The molecule has 1 rings (SSSR count). The van der Waals surface area contributed by atoms with Crippen molar-refractivity contribution in [3.8, 4) is 0 Å². The molecule has 1 aliphatic carbocycles. The summed E-state index contributed by atoms with van der Waals surface area (Å²) in [6, 6.07) is 0. The van der Waals surface area contributed by atoms with Gasteiger partial charge in [0.05, 0.1) is 0 Å². The normalized spacial score (nSPS) is 22.4. The Morgan fingerprint density at radius 2 is 2.21 bits per heavy atom. The summed E-state index contributed by atoms with van der Waals surface area (Å²) in [6.45, 7) is 2.16. The summed E-state index contributed by atoms with van der Waals surface area (Å²) in [4.78, 5) is 0. The third-order valence-corrected chi connectivity index (χ3v) is 3.09. The SMILES string of the molecule is CCCC(F)(CN)C1=CCCCCC1. The minimum atomic E-state index is -1.21. The van der Waals surface area contributed by atoms with Gasteiger partial charge in [0.25, 0.3) is 0 Å². The van der Waals surface area contributed by atoms with Crippen molar-refractivity contribution in [3.63, 3.8) is 0 Å². The Kier molecular flexibility index (Phi) is 4.59. The predicted molar refractivity (Wildman–Crippen MR) is 59.0 cm³/mol. The van der Waals surface area contributed by atoms with Gasteiger partial charge in [-0.1, -0.05) is 25.8 Å². The van der Waals surface area contributed by atoms with E-state index >= 15 is 0 Å². The van der Waals surface area contributed by atoms with Gasteiger partial charge < -0.3 is 5.73 Å². The van der Waals surface area contributed by atoms with Gasteiger partial charge in [0.15, 0.2) is 0 Å². The Labute approximate surface area is 86.6 Å². The zero-order chi connectivity index (χ0) is 10.4. The number of alkyl halides is 1. The standard InChI is InChI=1S/C12H22FN/c1-2-9-12(13,10-14)11-7-5-3-4-6-8-11/h7H,2-6,8-10,14H2,1H3. The van der Waals surface area contributed by atoms with Crippen molar-refractivity contribution in [2.75, 3.05) is 6.54 Å². The molecule has 0 aliphatic heterocycles. The van der Waals surface area contributed by atoms with Crippen LogP contribution < -0.4 is 5.73 Å². The summed E-state index contributed by atoms with van der Waals surface area (Å²) in [7, 11) is 0. The first-order valence-electron chi connectivity index (χ1n) is 5.81. The lowest BCUT2D eigenvalue weighted by Crippen LogP contribution is -2.35. The monoisotopic (exact) mass is 199 g/mol. The van der Waals surface area contributed by atoms with Gasteiger partial charge in [-0.3, -0.25) is 0 Å². The molecule has 0 aromatic carbocycles. The van der Waals surface area contributed by atoms with Crippen molar-refractivity contribution >= 4 is 0 Å². The molecule has 0 fully saturated rings. The Morgan fingerprint density at radius 1 is 1.43 bits per heavy atom. The van der Waals surface area contributed by atoms with Crippen molar-refractivity contribution in [2.45, 2.75) is 57.5 Å². The minimum absolute atomic E-state index is 0.146. The molecule has 0 amide bonds. The number of nitrogens with two attached hydrogens (primary N) is 1. The van der Waals surface area contributed by atoms with Crippen LogP contribution in [-0.4, -0.2) is 12.2 Å². The van der Waals surface area contributed by atoms with Crippen LogP contribution in [0, 0.1) is 0 Å². The van der Waals surface area contributed by atoms with Gasteiger partial charge in [-0.2, -0.15) is 0 Å². The van der Waals surface area contributed by atoms with Crippen LogP contribution in [0.2, 0.25) is 0 Å². The fourth-order valence-electron chi connectivity index (χ4n) is 2.21. The van der Waals surface area contributed by atoms with E-state index in [1.807, 2.05) is 6.92 Å². The average Bonchev–Trinajstić information content (AvgIpc) is 2.46. The molecule has 1 nitrogen and oxygen atoms in total. The summed E-state index contributed by atoms with van der Waals surface area (Å²) in [5.74, 6) is 0.